The van der Waals surface area contributed by atoms with Gasteiger partial charge >= 0.3 is 6.09 Å². The van der Waals surface area contributed by atoms with Crippen LogP contribution in [-0.2, 0) is 20.7 Å². The van der Waals surface area contributed by atoms with Crippen LogP contribution in [0.15, 0.2) is 18.2 Å². The minimum Gasteiger partial charge on any atom is -0.444 e. The summed E-state index contributed by atoms with van der Waals surface area (Å²) < 4.78 is 37.9. The molecular weight excluding hydrogens is 382 g/mol. The Labute approximate surface area is 170 Å². The lowest BCUT2D eigenvalue weighted by Gasteiger charge is -2.39. The maximum absolute atomic E-state index is 13.8. The standard InChI is InChI=1S/C21H30F2N2O4/c1-21(2,3)29-20(27)24-13-15-12-16(28-4)10-11-25(15)18(26)9-8-14-6-5-7-17(22)19(14)23/h5-7,15-16H,8-13H2,1-4H3,(H,24,27)/t15-,16-/m0/s1. The van der Waals surface area contributed by atoms with Gasteiger partial charge in [-0.25, -0.2) is 13.6 Å². The van der Waals surface area contributed by atoms with Gasteiger partial charge in [-0.2, -0.15) is 0 Å². The molecule has 8 heteroatoms. The highest BCUT2D eigenvalue weighted by atomic mass is 19.2. The Morgan fingerprint density at radius 2 is 2.00 bits per heavy atom. The summed E-state index contributed by atoms with van der Waals surface area (Å²) in [6.45, 7) is 6.03. The molecule has 2 atom stereocenters. The van der Waals surface area contributed by atoms with Gasteiger partial charge in [-0.05, 0) is 51.7 Å². The van der Waals surface area contributed by atoms with Gasteiger partial charge in [0.25, 0.3) is 0 Å². The first-order chi connectivity index (χ1) is 13.6. The molecule has 29 heavy (non-hydrogen) atoms. The molecule has 1 N–H and O–H groups in total. The number of alkyl carbamates (subject to hydrolysis) is 1. The second-order valence-electron chi connectivity index (χ2n) is 8.22. The Bertz CT molecular complexity index is 721. The number of carbonyl (C=O) groups is 2. The summed E-state index contributed by atoms with van der Waals surface area (Å²) in [6, 6.07) is 3.69. The van der Waals surface area contributed by atoms with Crippen LogP contribution in [0.3, 0.4) is 0 Å². The zero-order valence-corrected chi connectivity index (χ0v) is 17.5. The summed E-state index contributed by atoms with van der Waals surface area (Å²) in [5, 5.41) is 2.71. The first-order valence-electron chi connectivity index (χ1n) is 9.82. The molecule has 1 aromatic rings. The summed E-state index contributed by atoms with van der Waals surface area (Å²) in [5.74, 6) is -2.00. The fourth-order valence-corrected chi connectivity index (χ4v) is 3.39. The third-order valence-corrected chi connectivity index (χ3v) is 4.84. The molecule has 0 radical (unpaired) electrons. The topological polar surface area (TPSA) is 67.9 Å². The van der Waals surface area contributed by atoms with Gasteiger partial charge in [0.1, 0.15) is 5.60 Å². The van der Waals surface area contributed by atoms with Gasteiger partial charge < -0.3 is 19.7 Å². The number of nitrogens with zero attached hydrogens (tertiary/aromatic N) is 1. The van der Waals surface area contributed by atoms with Crippen molar-refractivity contribution in [3.8, 4) is 0 Å². The van der Waals surface area contributed by atoms with Crippen molar-refractivity contribution in [2.24, 2.45) is 0 Å². The molecule has 1 aliphatic rings. The summed E-state index contributed by atoms with van der Waals surface area (Å²) in [5.41, 5.74) is -0.440. The van der Waals surface area contributed by atoms with E-state index in [-0.39, 0.29) is 43.0 Å². The van der Waals surface area contributed by atoms with Gasteiger partial charge in [-0.3, -0.25) is 4.79 Å². The van der Waals surface area contributed by atoms with E-state index in [9.17, 15) is 18.4 Å². The molecule has 1 saturated heterocycles. The monoisotopic (exact) mass is 412 g/mol. The molecular formula is C21H30F2N2O4. The Kier molecular flexibility index (Phi) is 7.96. The average molecular weight is 412 g/mol. The van der Waals surface area contributed by atoms with E-state index in [1.807, 2.05) is 0 Å². The second kappa shape index (κ2) is 10.0. The number of rotatable bonds is 6. The molecule has 0 spiro atoms. The predicted octanol–water partition coefficient (Wildman–Crippen LogP) is 3.43. The molecule has 1 aliphatic heterocycles. The summed E-state index contributed by atoms with van der Waals surface area (Å²) in [4.78, 5) is 26.4. The van der Waals surface area contributed by atoms with Crippen molar-refractivity contribution < 1.29 is 27.8 Å². The zero-order valence-electron chi connectivity index (χ0n) is 17.5. The smallest absolute Gasteiger partial charge is 0.407 e. The maximum Gasteiger partial charge on any atom is 0.407 e. The third kappa shape index (κ3) is 6.96. The molecule has 162 valence electrons. The molecule has 0 aliphatic carbocycles. The highest BCUT2D eigenvalue weighted by molar-refractivity contribution is 5.77. The number of nitrogens with one attached hydrogen (secondary N) is 1. The van der Waals surface area contributed by atoms with Gasteiger partial charge in [0.2, 0.25) is 5.91 Å². The molecule has 2 rings (SSSR count). The first kappa shape index (κ1) is 23.1. The summed E-state index contributed by atoms with van der Waals surface area (Å²) in [6.07, 6.45) is 0.863. The lowest BCUT2D eigenvalue weighted by Crippen LogP contribution is -2.53. The first-order valence-corrected chi connectivity index (χ1v) is 9.82. The van der Waals surface area contributed by atoms with Crippen molar-refractivity contribution in [3.05, 3.63) is 35.4 Å². The van der Waals surface area contributed by atoms with Crippen molar-refractivity contribution in [1.29, 1.82) is 0 Å². The van der Waals surface area contributed by atoms with E-state index in [4.69, 9.17) is 9.47 Å². The van der Waals surface area contributed by atoms with E-state index < -0.39 is 23.3 Å². The van der Waals surface area contributed by atoms with Crippen molar-refractivity contribution in [1.82, 2.24) is 10.2 Å². The summed E-state index contributed by atoms with van der Waals surface area (Å²) >= 11 is 0. The predicted molar refractivity (Wildman–Crippen MR) is 104 cm³/mol. The van der Waals surface area contributed by atoms with Gasteiger partial charge in [0.05, 0.1) is 12.1 Å². The van der Waals surface area contributed by atoms with Crippen LogP contribution in [0.1, 0.15) is 45.6 Å². The Morgan fingerprint density at radius 1 is 1.28 bits per heavy atom. The van der Waals surface area contributed by atoms with Crippen LogP contribution in [0.2, 0.25) is 0 Å². The number of hydrogen-bond donors (Lipinski definition) is 1. The van der Waals surface area contributed by atoms with Crippen LogP contribution in [0.5, 0.6) is 0 Å². The lowest BCUT2D eigenvalue weighted by atomic mass is 9.98. The number of benzene rings is 1. The molecule has 6 nitrogen and oxygen atoms in total. The van der Waals surface area contributed by atoms with Gasteiger partial charge in [-0.15, -0.1) is 0 Å². The van der Waals surface area contributed by atoms with Crippen LogP contribution in [-0.4, -0.2) is 54.8 Å². The van der Waals surface area contributed by atoms with E-state index in [0.29, 0.717) is 19.4 Å². The third-order valence-electron chi connectivity index (χ3n) is 4.84. The van der Waals surface area contributed by atoms with Crippen LogP contribution in [0.4, 0.5) is 13.6 Å². The van der Waals surface area contributed by atoms with Crippen LogP contribution in [0, 0.1) is 11.6 Å². The van der Waals surface area contributed by atoms with E-state index in [1.165, 1.54) is 12.1 Å². The van der Waals surface area contributed by atoms with Gasteiger partial charge in [-0.1, -0.05) is 12.1 Å². The number of halogens is 2. The van der Waals surface area contributed by atoms with Gasteiger partial charge in [0.15, 0.2) is 11.6 Å². The maximum atomic E-state index is 13.8. The summed E-state index contributed by atoms with van der Waals surface area (Å²) in [7, 11) is 1.62. The molecule has 2 amide bonds. The van der Waals surface area contributed by atoms with E-state index in [0.717, 1.165) is 6.07 Å². The SMILES string of the molecule is CO[C@H]1CCN(C(=O)CCc2cccc(F)c2F)[C@H](CNC(=O)OC(C)(C)C)C1. The van der Waals surface area contributed by atoms with E-state index in [2.05, 4.69) is 5.32 Å². The Hall–Kier alpha value is -2.22. The highest BCUT2D eigenvalue weighted by Gasteiger charge is 2.32. The van der Waals surface area contributed by atoms with E-state index in [1.54, 1.807) is 32.8 Å². The minimum absolute atomic E-state index is 0.00912. The molecule has 0 bridgehead atoms. The van der Waals surface area contributed by atoms with Crippen LogP contribution >= 0.6 is 0 Å². The lowest BCUT2D eigenvalue weighted by molar-refractivity contribution is -0.137. The van der Waals surface area contributed by atoms with Crippen molar-refractivity contribution in [3.63, 3.8) is 0 Å². The fourth-order valence-electron chi connectivity index (χ4n) is 3.39. The van der Waals surface area contributed by atoms with Crippen molar-refractivity contribution >= 4 is 12.0 Å². The number of carbonyl (C=O) groups excluding carboxylic acids is 2. The number of hydrogen-bond acceptors (Lipinski definition) is 4. The normalized spacial score (nSPS) is 19.7. The highest BCUT2D eigenvalue weighted by Crippen LogP contribution is 2.22. The molecule has 1 heterocycles. The second-order valence-corrected chi connectivity index (χ2v) is 8.22. The zero-order chi connectivity index (χ0) is 21.6. The number of ether oxygens (including phenoxy) is 2. The minimum atomic E-state index is -0.921. The molecule has 1 fully saturated rings. The Morgan fingerprint density at radius 3 is 2.66 bits per heavy atom. The molecule has 1 aromatic carbocycles. The number of amides is 2. The number of piperidine rings is 1. The molecule has 0 unspecified atom stereocenters. The Balaban J connectivity index is 1.98. The fraction of sp³-hybridized carbons (Fsp3) is 0.619. The van der Waals surface area contributed by atoms with Gasteiger partial charge in [0, 0.05) is 26.6 Å². The molecule has 0 saturated carbocycles. The van der Waals surface area contributed by atoms with Crippen molar-refractivity contribution in [2.45, 2.75) is 64.2 Å². The van der Waals surface area contributed by atoms with Crippen LogP contribution in [0.25, 0.3) is 0 Å². The number of aryl methyl sites for hydroxylation is 1. The quantitative estimate of drug-likeness (QED) is 0.777. The number of likely N-dealkylation sites (tertiary alicyclic amines) is 1. The largest absolute Gasteiger partial charge is 0.444 e. The van der Waals surface area contributed by atoms with E-state index >= 15 is 0 Å². The average Bonchev–Trinajstić information content (AvgIpc) is 2.65. The molecule has 0 aromatic heterocycles. The number of methoxy groups -OCH3 is 1. The van der Waals surface area contributed by atoms with Crippen LogP contribution < -0.4 is 5.32 Å². The van der Waals surface area contributed by atoms with Crippen molar-refractivity contribution in [2.75, 3.05) is 20.2 Å².